The van der Waals surface area contributed by atoms with Gasteiger partial charge in [0.25, 0.3) is 0 Å². The molecule has 1 unspecified atom stereocenters. The van der Waals surface area contributed by atoms with E-state index in [4.69, 9.17) is 4.74 Å². The molecule has 2 aromatic carbocycles. The molecule has 2 heterocycles. The largest absolute Gasteiger partial charge is 0.496 e. The van der Waals surface area contributed by atoms with Crippen LogP contribution in [0.25, 0.3) is 0 Å². The highest BCUT2D eigenvalue weighted by Gasteiger charge is 2.35. The summed E-state index contributed by atoms with van der Waals surface area (Å²) in [5.74, 6) is 1.42. The number of para-hydroxylation sites is 1. The smallest absolute Gasteiger partial charge is 0.173 e. The molecule has 1 atom stereocenters. The maximum absolute atomic E-state index is 13.3. The third-order valence-corrected chi connectivity index (χ3v) is 6.48. The Morgan fingerprint density at radius 2 is 1.72 bits per heavy atom. The van der Waals surface area contributed by atoms with E-state index in [1.165, 1.54) is 12.1 Å². The van der Waals surface area contributed by atoms with Gasteiger partial charge in [-0.3, -0.25) is 4.90 Å². The number of benzene rings is 2. The molecular weight excluding hydrogens is 407 g/mol. The number of hydrogen-bond donors (Lipinski definition) is 0. The molecular formula is C24H31FN6O. The average molecular weight is 439 g/mol. The van der Waals surface area contributed by atoms with Crippen LogP contribution in [0.5, 0.6) is 5.75 Å². The third-order valence-electron chi connectivity index (χ3n) is 6.48. The molecule has 8 heteroatoms. The van der Waals surface area contributed by atoms with E-state index in [-0.39, 0.29) is 17.4 Å². The Bertz CT molecular complexity index is 1030. The Labute approximate surface area is 188 Å². The first-order valence-electron chi connectivity index (χ1n) is 11.1. The zero-order chi connectivity index (χ0) is 22.7. The van der Waals surface area contributed by atoms with E-state index >= 15 is 0 Å². The lowest BCUT2D eigenvalue weighted by Gasteiger charge is -2.40. The summed E-state index contributed by atoms with van der Waals surface area (Å²) in [6.45, 7) is 9.74. The second-order valence-corrected chi connectivity index (χ2v) is 8.76. The van der Waals surface area contributed by atoms with Gasteiger partial charge in [-0.25, -0.2) is 9.07 Å². The van der Waals surface area contributed by atoms with Gasteiger partial charge < -0.3 is 9.64 Å². The minimum atomic E-state index is -0.214. The van der Waals surface area contributed by atoms with Crippen LogP contribution in [0.1, 0.15) is 44.6 Å². The molecule has 1 aliphatic heterocycles. The van der Waals surface area contributed by atoms with Crippen molar-refractivity contribution >= 4 is 5.69 Å². The Balaban J connectivity index is 1.67. The third kappa shape index (κ3) is 4.32. The van der Waals surface area contributed by atoms with Crippen molar-refractivity contribution in [2.24, 2.45) is 0 Å². The quantitative estimate of drug-likeness (QED) is 0.558. The maximum atomic E-state index is 13.3. The molecule has 1 fully saturated rings. The number of halogens is 1. The lowest BCUT2D eigenvalue weighted by Crippen LogP contribution is -2.49. The van der Waals surface area contributed by atoms with Gasteiger partial charge in [0.2, 0.25) is 0 Å². The number of methoxy groups -OCH3 is 1. The van der Waals surface area contributed by atoms with Crippen molar-refractivity contribution in [3.63, 3.8) is 0 Å². The van der Waals surface area contributed by atoms with E-state index in [1.54, 1.807) is 7.11 Å². The molecule has 0 spiro atoms. The van der Waals surface area contributed by atoms with Gasteiger partial charge in [0.15, 0.2) is 5.82 Å². The van der Waals surface area contributed by atoms with Gasteiger partial charge in [0.05, 0.1) is 12.6 Å². The predicted molar refractivity (Wildman–Crippen MR) is 122 cm³/mol. The van der Waals surface area contributed by atoms with Crippen LogP contribution in [0.4, 0.5) is 10.1 Å². The van der Waals surface area contributed by atoms with Crippen LogP contribution in [-0.2, 0) is 5.54 Å². The Hall–Kier alpha value is -3.00. The predicted octanol–water partition coefficient (Wildman–Crippen LogP) is 3.88. The molecule has 0 saturated carbocycles. The van der Waals surface area contributed by atoms with Gasteiger partial charge in [-0.2, -0.15) is 0 Å². The van der Waals surface area contributed by atoms with Crippen LogP contribution in [0.15, 0.2) is 48.5 Å². The van der Waals surface area contributed by atoms with Gasteiger partial charge in [0.1, 0.15) is 17.6 Å². The summed E-state index contributed by atoms with van der Waals surface area (Å²) >= 11 is 0. The summed E-state index contributed by atoms with van der Waals surface area (Å²) in [4.78, 5) is 4.69. The van der Waals surface area contributed by atoms with E-state index in [2.05, 4.69) is 52.2 Å². The zero-order valence-electron chi connectivity index (χ0n) is 19.2. The highest BCUT2D eigenvalue weighted by atomic mass is 19.1. The van der Waals surface area contributed by atoms with Crippen molar-refractivity contribution in [3.8, 4) is 5.75 Å². The molecule has 0 radical (unpaired) electrons. The lowest BCUT2D eigenvalue weighted by molar-refractivity contribution is 0.184. The lowest BCUT2D eigenvalue weighted by atomic mass is 9.98. The van der Waals surface area contributed by atoms with Gasteiger partial charge in [-0.1, -0.05) is 25.1 Å². The average Bonchev–Trinajstić information content (AvgIpc) is 3.31. The molecule has 3 aromatic rings. The summed E-state index contributed by atoms with van der Waals surface area (Å²) in [6.07, 6.45) is 0.905. The molecule has 32 heavy (non-hydrogen) atoms. The Morgan fingerprint density at radius 3 is 2.38 bits per heavy atom. The summed E-state index contributed by atoms with van der Waals surface area (Å²) in [6, 6.07) is 14.6. The Kier molecular flexibility index (Phi) is 6.41. The monoisotopic (exact) mass is 438 g/mol. The van der Waals surface area contributed by atoms with Crippen molar-refractivity contribution in [3.05, 3.63) is 65.7 Å². The van der Waals surface area contributed by atoms with E-state index in [9.17, 15) is 4.39 Å². The summed E-state index contributed by atoms with van der Waals surface area (Å²) in [7, 11) is 1.70. The van der Waals surface area contributed by atoms with Crippen LogP contribution in [0, 0.1) is 5.82 Å². The normalized spacial score (nSPS) is 16.2. The summed E-state index contributed by atoms with van der Waals surface area (Å²) in [5, 5.41) is 12.9. The van der Waals surface area contributed by atoms with E-state index < -0.39 is 0 Å². The molecule has 4 rings (SSSR count). The minimum absolute atomic E-state index is 0.137. The molecule has 0 bridgehead atoms. The van der Waals surface area contributed by atoms with E-state index in [0.29, 0.717) is 0 Å². The zero-order valence-corrected chi connectivity index (χ0v) is 19.2. The number of nitrogens with zero attached hydrogens (tertiary/aromatic N) is 6. The molecule has 0 N–H and O–H groups in total. The number of aromatic nitrogens is 4. The molecule has 1 aliphatic rings. The van der Waals surface area contributed by atoms with Gasteiger partial charge in [0, 0.05) is 37.4 Å². The minimum Gasteiger partial charge on any atom is -0.496 e. The highest BCUT2D eigenvalue weighted by molar-refractivity contribution is 5.47. The molecule has 0 amide bonds. The van der Waals surface area contributed by atoms with Crippen molar-refractivity contribution in [1.29, 1.82) is 0 Å². The van der Waals surface area contributed by atoms with Crippen molar-refractivity contribution in [2.75, 3.05) is 38.2 Å². The second kappa shape index (κ2) is 9.24. The van der Waals surface area contributed by atoms with Crippen molar-refractivity contribution in [1.82, 2.24) is 25.1 Å². The summed E-state index contributed by atoms with van der Waals surface area (Å²) < 4.78 is 21.0. The molecule has 170 valence electrons. The topological polar surface area (TPSA) is 59.3 Å². The van der Waals surface area contributed by atoms with Crippen molar-refractivity contribution < 1.29 is 9.13 Å². The molecule has 7 nitrogen and oxygen atoms in total. The number of hydrogen-bond acceptors (Lipinski definition) is 6. The fraction of sp³-hybridized carbons (Fsp3) is 0.458. The fourth-order valence-electron chi connectivity index (χ4n) is 4.23. The van der Waals surface area contributed by atoms with Crippen LogP contribution in [0.3, 0.4) is 0 Å². The molecule has 1 aromatic heterocycles. The number of ether oxygens (including phenoxy) is 1. The van der Waals surface area contributed by atoms with Crippen LogP contribution < -0.4 is 9.64 Å². The Morgan fingerprint density at radius 1 is 1.03 bits per heavy atom. The molecule has 1 saturated heterocycles. The number of tetrazole rings is 1. The first kappa shape index (κ1) is 22.2. The van der Waals surface area contributed by atoms with Gasteiger partial charge >= 0.3 is 0 Å². The van der Waals surface area contributed by atoms with E-state index in [1.807, 2.05) is 35.0 Å². The number of rotatable bonds is 7. The van der Waals surface area contributed by atoms with Crippen LogP contribution >= 0.6 is 0 Å². The second-order valence-electron chi connectivity index (χ2n) is 8.76. The van der Waals surface area contributed by atoms with Gasteiger partial charge in [-0.15, -0.1) is 5.10 Å². The number of piperazine rings is 1. The first-order chi connectivity index (χ1) is 15.4. The van der Waals surface area contributed by atoms with Crippen LogP contribution in [0.2, 0.25) is 0 Å². The fourth-order valence-corrected chi connectivity index (χ4v) is 4.23. The van der Waals surface area contributed by atoms with Gasteiger partial charge in [-0.05, 0) is 61.0 Å². The summed E-state index contributed by atoms with van der Waals surface area (Å²) in [5.41, 5.74) is 1.87. The SMILES string of the molecule is CCC(C)(C)n1nnnc1C(c1ccccc1OC)N1CCN(c2ccc(F)cc2)CC1. The highest BCUT2D eigenvalue weighted by Crippen LogP contribution is 2.36. The van der Waals surface area contributed by atoms with E-state index in [0.717, 1.165) is 55.4 Å². The van der Waals surface area contributed by atoms with Crippen molar-refractivity contribution in [2.45, 2.75) is 38.8 Å². The maximum Gasteiger partial charge on any atom is 0.173 e. The number of anilines is 1. The first-order valence-corrected chi connectivity index (χ1v) is 11.1. The standard InChI is InChI=1S/C24H31FN6O/c1-5-24(2,3)31-23(26-27-28-31)22(20-8-6-7-9-21(20)32-4)30-16-14-29(15-17-30)19-12-10-18(25)11-13-19/h6-13,22H,5,14-17H2,1-4H3. The molecule has 0 aliphatic carbocycles. The van der Waals surface area contributed by atoms with Crippen LogP contribution in [-0.4, -0.2) is 58.4 Å².